The maximum Gasteiger partial charge on any atom is 0.229 e. The van der Waals surface area contributed by atoms with E-state index >= 15 is 0 Å². The number of nitrogens with one attached hydrogen (secondary N) is 1. The van der Waals surface area contributed by atoms with Crippen LogP contribution in [0.15, 0.2) is 30.3 Å². The maximum absolute atomic E-state index is 10.3. The Morgan fingerprint density at radius 1 is 1.30 bits per heavy atom. The summed E-state index contributed by atoms with van der Waals surface area (Å²) in [4.78, 5) is 10.3. The lowest BCUT2D eigenvalue weighted by Crippen LogP contribution is -2.05. The minimum absolute atomic E-state index is 0.536. The van der Waals surface area contributed by atoms with Crippen molar-refractivity contribution in [2.45, 2.75) is 0 Å². The van der Waals surface area contributed by atoms with Gasteiger partial charge in [-0.05, 0) is 12.1 Å². The minimum atomic E-state index is -0.536. The Balaban J connectivity index is 2.67. The summed E-state index contributed by atoms with van der Waals surface area (Å²) in [6.45, 7) is 4.87. The summed E-state index contributed by atoms with van der Waals surface area (Å²) in [5.41, 5.74) is 0.718. The van der Waals surface area contributed by atoms with Crippen LogP contribution in [0.25, 0.3) is 0 Å². The molecule has 1 aromatic rings. The molecule has 0 bridgehead atoms. The number of hydrogen-bond acceptors (Lipinski definition) is 1. The largest absolute Gasteiger partial charge is 0.326 e. The average Bonchev–Trinajstić information content (AvgIpc) is 1.88. The van der Waals surface area contributed by atoms with Gasteiger partial charge in [0.15, 0.2) is 0 Å². The Morgan fingerprint density at radius 3 is 2.40 bits per heavy atom. The first kappa shape index (κ1) is 6.81. The summed E-state index contributed by atoms with van der Waals surface area (Å²) in [6, 6.07) is 9.05. The topological polar surface area (TPSA) is 29.1 Å². The van der Waals surface area contributed by atoms with E-state index in [9.17, 15) is 4.79 Å². The second kappa shape index (κ2) is 3.01. The summed E-state index contributed by atoms with van der Waals surface area (Å²) in [7, 11) is 0. The van der Waals surface area contributed by atoms with Crippen LogP contribution in [0, 0.1) is 6.92 Å². The van der Waals surface area contributed by atoms with E-state index in [2.05, 4.69) is 5.32 Å². The first-order valence-corrected chi connectivity index (χ1v) is 2.90. The summed E-state index contributed by atoms with van der Waals surface area (Å²) < 4.78 is 0. The van der Waals surface area contributed by atoms with Gasteiger partial charge in [0.1, 0.15) is 0 Å². The fourth-order valence-electron chi connectivity index (χ4n) is 0.664. The molecule has 0 aliphatic carbocycles. The number of carbonyl (C=O) groups is 1. The lowest BCUT2D eigenvalue weighted by atomic mass is 10.3. The van der Waals surface area contributed by atoms with Crippen LogP contribution in [0.3, 0.4) is 0 Å². The van der Waals surface area contributed by atoms with Crippen molar-refractivity contribution in [2.75, 3.05) is 5.32 Å². The van der Waals surface area contributed by atoms with E-state index in [4.69, 9.17) is 6.92 Å². The molecule has 0 saturated heterocycles. The van der Waals surface area contributed by atoms with Gasteiger partial charge in [-0.3, -0.25) is 4.79 Å². The lowest BCUT2D eigenvalue weighted by Gasteiger charge is -1.97. The Labute approximate surface area is 59.9 Å². The van der Waals surface area contributed by atoms with Gasteiger partial charge in [0.05, 0.1) is 6.92 Å². The first-order chi connectivity index (χ1) is 4.79. The molecule has 0 heterocycles. The molecule has 1 N–H and O–H groups in total. The molecule has 0 aliphatic rings. The van der Waals surface area contributed by atoms with Gasteiger partial charge in [0, 0.05) is 5.69 Å². The average molecular weight is 133 g/mol. The Hall–Kier alpha value is -1.31. The molecule has 0 unspecified atom stereocenters. The van der Waals surface area contributed by atoms with Crippen molar-refractivity contribution in [3.05, 3.63) is 37.3 Å². The Morgan fingerprint density at radius 2 is 1.90 bits per heavy atom. The molecule has 0 atom stereocenters. The van der Waals surface area contributed by atoms with E-state index < -0.39 is 5.91 Å². The summed E-state index contributed by atoms with van der Waals surface area (Å²) >= 11 is 0. The summed E-state index contributed by atoms with van der Waals surface area (Å²) in [6.07, 6.45) is 0. The normalized spacial score (nSPS) is 8.90. The zero-order valence-corrected chi connectivity index (χ0v) is 5.37. The van der Waals surface area contributed by atoms with E-state index in [0.717, 1.165) is 5.69 Å². The van der Waals surface area contributed by atoms with Crippen LogP contribution in [0.1, 0.15) is 0 Å². The third-order valence-corrected chi connectivity index (χ3v) is 1.04. The highest BCUT2D eigenvalue weighted by Gasteiger charge is 1.90. The summed E-state index contributed by atoms with van der Waals surface area (Å²) in [5.74, 6) is -0.536. The SMILES string of the molecule is [CH]C(=O)Nc1ccccc1. The van der Waals surface area contributed by atoms with Crippen LogP contribution >= 0.6 is 0 Å². The van der Waals surface area contributed by atoms with Crippen molar-refractivity contribution < 1.29 is 4.79 Å². The van der Waals surface area contributed by atoms with Gasteiger partial charge in [-0.1, -0.05) is 18.2 Å². The molecular formula is C8H7NO. The molecule has 2 heteroatoms. The highest BCUT2D eigenvalue weighted by atomic mass is 16.1. The van der Waals surface area contributed by atoms with E-state index in [1.54, 1.807) is 12.1 Å². The lowest BCUT2D eigenvalue weighted by molar-refractivity contribution is -0.112. The predicted molar refractivity (Wildman–Crippen MR) is 39.4 cm³/mol. The number of carbonyl (C=O) groups excluding carboxylic acids is 1. The fourth-order valence-corrected chi connectivity index (χ4v) is 0.664. The predicted octanol–water partition coefficient (Wildman–Crippen LogP) is 1.34. The number of hydrogen-bond donors (Lipinski definition) is 1. The monoisotopic (exact) mass is 133 g/mol. The van der Waals surface area contributed by atoms with Crippen molar-refractivity contribution in [3.8, 4) is 0 Å². The van der Waals surface area contributed by atoms with Gasteiger partial charge in [-0.15, -0.1) is 0 Å². The Bertz CT molecular complexity index is 218. The van der Waals surface area contributed by atoms with Gasteiger partial charge in [-0.25, -0.2) is 0 Å². The van der Waals surface area contributed by atoms with Gasteiger partial charge in [-0.2, -0.15) is 0 Å². The standard InChI is InChI=1S/C8H7NO/c1-7(10)9-8-5-3-2-4-6-8/h1-6H,(H,9,10). The quantitative estimate of drug-likeness (QED) is 0.615. The number of amides is 1. The van der Waals surface area contributed by atoms with Crippen molar-refractivity contribution in [3.63, 3.8) is 0 Å². The first-order valence-electron chi connectivity index (χ1n) is 2.90. The van der Waals surface area contributed by atoms with Crippen LogP contribution in [0.2, 0.25) is 0 Å². The second-order valence-electron chi connectivity index (χ2n) is 1.86. The van der Waals surface area contributed by atoms with Crippen molar-refractivity contribution >= 4 is 11.6 Å². The van der Waals surface area contributed by atoms with E-state index in [1.807, 2.05) is 18.2 Å². The third kappa shape index (κ3) is 1.90. The zero-order valence-electron chi connectivity index (χ0n) is 5.37. The fraction of sp³-hybridized carbons (Fsp3) is 0. The highest BCUT2D eigenvalue weighted by Crippen LogP contribution is 2.03. The molecule has 1 aromatic carbocycles. The molecule has 0 aromatic heterocycles. The van der Waals surface area contributed by atoms with Crippen LogP contribution in [0.4, 0.5) is 5.69 Å². The van der Waals surface area contributed by atoms with Crippen molar-refractivity contribution in [1.82, 2.24) is 0 Å². The third-order valence-electron chi connectivity index (χ3n) is 1.04. The molecule has 2 radical (unpaired) electrons. The van der Waals surface area contributed by atoms with Gasteiger partial charge in [0.25, 0.3) is 0 Å². The number of para-hydroxylation sites is 1. The number of anilines is 1. The molecule has 2 nitrogen and oxygen atoms in total. The van der Waals surface area contributed by atoms with Crippen molar-refractivity contribution in [1.29, 1.82) is 0 Å². The van der Waals surface area contributed by atoms with E-state index in [0.29, 0.717) is 0 Å². The molecule has 0 saturated carbocycles. The minimum Gasteiger partial charge on any atom is -0.326 e. The Kier molecular flexibility index (Phi) is 2.05. The molecule has 1 amide bonds. The van der Waals surface area contributed by atoms with Crippen LogP contribution < -0.4 is 5.32 Å². The van der Waals surface area contributed by atoms with Gasteiger partial charge in [0.2, 0.25) is 5.91 Å². The second-order valence-corrected chi connectivity index (χ2v) is 1.86. The number of benzene rings is 1. The highest BCUT2D eigenvalue weighted by molar-refractivity contribution is 5.93. The molecule has 0 aliphatic heterocycles. The summed E-state index contributed by atoms with van der Waals surface area (Å²) in [5, 5.41) is 2.44. The molecule has 0 fully saturated rings. The molecule has 50 valence electrons. The smallest absolute Gasteiger partial charge is 0.229 e. The van der Waals surface area contributed by atoms with Crippen LogP contribution in [0.5, 0.6) is 0 Å². The molecule has 10 heavy (non-hydrogen) atoms. The van der Waals surface area contributed by atoms with E-state index in [-0.39, 0.29) is 0 Å². The zero-order chi connectivity index (χ0) is 7.40. The van der Waals surface area contributed by atoms with Crippen molar-refractivity contribution in [2.24, 2.45) is 0 Å². The maximum atomic E-state index is 10.3. The van der Waals surface area contributed by atoms with Crippen LogP contribution in [-0.4, -0.2) is 5.91 Å². The molecule has 0 spiro atoms. The molecule has 1 rings (SSSR count). The van der Waals surface area contributed by atoms with Crippen LogP contribution in [-0.2, 0) is 4.79 Å². The number of rotatable bonds is 1. The van der Waals surface area contributed by atoms with Gasteiger partial charge >= 0.3 is 0 Å². The van der Waals surface area contributed by atoms with E-state index in [1.165, 1.54) is 0 Å². The van der Waals surface area contributed by atoms with Gasteiger partial charge < -0.3 is 5.32 Å². The molecular weight excluding hydrogens is 126 g/mol.